The summed E-state index contributed by atoms with van der Waals surface area (Å²) in [6.07, 6.45) is 0. The normalized spacial score (nSPS) is 12.1. The van der Waals surface area contributed by atoms with Gasteiger partial charge in [-0.3, -0.25) is 0 Å². The van der Waals surface area contributed by atoms with Gasteiger partial charge in [-0.1, -0.05) is 171 Å². The lowest BCUT2D eigenvalue weighted by atomic mass is 9.81. The third-order valence-corrected chi connectivity index (χ3v) is 11.6. The Morgan fingerprint density at radius 3 is 1.45 bits per heavy atom. The topological polar surface area (TPSA) is 3.24 Å². The molecule has 0 aromatic heterocycles. The lowest BCUT2D eigenvalue weighted by molar-refractivity contribution is 0.591. The number of fused-ring (bicyclic) bond motifs is 2. The van der Waals surface area contributed by atoms with Crippen molar-refractivity contribution in [3.05, 3.63) is 187 Å². The first kappa shape index (κ1) is 33.2. The molecule has 10 aromatic carbocycles. The predicted molar refractivity (Wildman–Crippen MR) is 239 cm³/mol. The van der Waals surface area contributed by atoms with E-state index in [9.17, 15) is 0 Å². The molecule has 0 N–H and O–H groups in total. The molecule has 0 atom stereocenters. The molecular weight excluding hydrogens is 663 g/mol. The van der Waals surface area contributed by atoms with Gasteiger partial charge in [-0.25, -0.2) is 0 Å². The van der Waals surface area contributed by atoms with Crippen LogP contribution in [0.1, 0.15) is 37.5 Å². The quantitative estimate of drug-likeness (QED) is 0.127. The number of aryl methyl sites for hydroxylation is 2. The maximum Gasteiger partial charge on any atom is 0.0618 e. The maximum atomic E-state index is 2.45. The van der Waals surface area contributed by atoms with E-state index >= 15 is 0 Å². The van der Waals surface area contributed by atoms with Gasteiger partial charge in [-0.15, -0.1) is 0 Å². The lowest BCUT2D eigenvalue weighted by Gasteiger charge is -2.30. The average Bonchev–Trinajstić information content (AvgIpc) is 3.20. The van der Waals surface area contributed by atoms with Gasteiger partial charge in [0.2, 0.25) is 0 Å². The highest BCUT2D eigenvalue weighted by Gasteiger charge is 2.24. The maximum absolute atomic E-state index is 2.45. The van der Waals surface area contributed by atoms with Crippen LogP contribution in [-0.2, 0) is 5.41 Å². The fourth-order valence-electron chi connectivity index (χ4n) is 8.80. The van der Waals surface area contributed by atoms with Gasteiger partial charge < -0.3 is 4.90 Å². The average molecular weight is 706 g/mol. The van der Waals surface area contributed by atoms with Crippen LogP contribution in [0, 0.1) is 13.8 Å². The largest absolute Gasteiger partial charge is 0.309 e. The van der Waals surface area contributed by atoms with Gasteiger partial charge >= 0.3 is 0 Å². The van der Waals surface area contributed by atoms with Gasteiger partial charge in [0, 0.05) is 22.1 Å². The molecule has 0 aliphatic rings. The second kappa shape index (κ2) is 12.6. The SMILES string of the molecule is Cc1ccc(N(c2ccc(C)cc2)c2c3ccccc3c(-c3cc(-c4ccc5ccc6cccc7ccc4c5c67)cc(C(C)(C)C)c3)c3ccccc23)cc1. The zero-order valence-electron chi connectivity index (χ0n) is 32.1. The molecule has 0 aliphatic heterocycles. The van der Waals surface area contributed by atoms with Crippen LogP contribution in [0.15, 0.2) is 170 Å². The molecule has 264 valence electrons. The van der Waals surface area contributed by atoms with Crippen LogP contribution in [-0.4, -0.2) is 0 Å². The monoisotopic (exact) mass is 705 g/mol. The third-order valence-electron chi connectivity index (χ3n) is 11.6. The molecule has 10 aromatic rings. The number of nitrogens with zero attached hydrogens (tertiary/aromatic N) is 1. The van der Waals surface area contributed by atoms with Crippen molar-refractivity contribution >= 4 is 70.9 Å². The minimum atomic E-state index is -0.0617. The molecule has 0 heterocycles. The lowest BCUT2D eigenvalue weighted by Crippen LogP contribution is -2.12. The highest BCUT2D eigenvalue weighted by molar-refractivity contribution is 6.26. The van der Waals surface area contributed by atoms with E-state index in [0.29, 0.717) is 0 Å². The smallest absolute Gasteiger partial charge is 0.0618 e. The van der Waals surface area contributed by atoms with Crippen molar-refractivity contribution in [2.45, 2.75) is 40.0 Å². The van der Waals surface area contributed by atoms with E-state index in [1.807, 2.05) is 0 Å². The summed E-state index contributed by atoms with van der Waals surface area (Å²) in [5.74, 6) is 0. The number of benzene rings is 10. The standard InChI is InChI=1S/C54H43N/c1-34-17-25-42(26-18-34)55(43-27-19-35(2)20-28-43)53-48-15-8-6-13-45(48)51(46-14-7-9-16-49(46)53)40-31-39(32-41(33-40)54(3,4)5)44-29-23-38-22-21-36-11-10-12-37-24-30-47(44)52(38)50(36)37/h6-33H,1-5H3. The van der Waals surface area contributed by atoms with Gasteiger partial charge in [0.1, 0.15) is 0 Å². The van der Waals surface area contributed by atoms with Crippen molar-refractivity contribution in [1.29, 1.82) is 0 Å². The second-order valence-corrected chi connectivity index (χ2v) is 16.3. The molecule has 55 heavy (non-hydrogen) atoms. The van der Waals surface area contributed by atoms with Crippen LogP contribution in [0.25, 0.3) is 76.1 Å². The molecule has 1 heteroatoms. The molecule has 0 bridgehead atoms. The summed E-state index contributed by atoms with van der Waals surface area (Å²) < 4.78 is 0. The summed E-state index contributed by atoms with van der Waals surface area (Å²) in [5.41, 5.74) is 12.3. The van der Waals surface area contributed by atoms with Crippen molar-refractivity contribution in [2.75, 3.05) is 4.90 Å². The molecule has 0 saturated heterocycles. The Hall–Kier alpha value is -6.44. The molecule has 0 radical (unpaired) electrons. The van der Waals surface area contributed by atoms with Gasteiger partial charge in [-0.2, -0.15) is 0 Å². The van der Waals surface area contributed by atoms with Gasteiger partial charge in [0.25, 0.3) is 0 Å². The van der Waals surface area contributed by atoms with E-state index in [1.165, 1.54) is 98.5 Å². The Morgan fingerprint density at radius 1 is 0.400 bits per heavy atom. The zero-order chi connectivity index (χ0) is 37.4. The molecule has 0 aliphatic carbocycles. The van der Waals surface area contributed by atoms with Crippen LogP contribution < -0.4 is 4.90 Å². The van der Waals surface area contributed by atoms with Crippen LogP contribution >= 0.6 is 0 Å². The van der Waals surface area contributed by atoms with Gasteiger partial charge in [0.05, 0.1) is 5.69 Å². The number of hydrogen-bond donors (Lipinski definition) is 0. The first-order valence-corrected chi connectivity index (χ1v) is 19.4. The van der Waals surface area contributed by atoms with Gasteiger partial charge in [-0.05, 0) is 121 Å². The Morgan fingerprint density at radius 2 is 0.891 bits per heavy atom. The minimum Gasteiger partial charge on any atom is -0.309 e. The van der Waals surface area contributed by atoms with E-state index in [-0.39, 0.29) is 5.41 Å². The van der Waals surface area contributed by atoms with Crippen molar-refractivity contribution in [3.8, 4) is 22.3 Å². The summed E-state index contributed by atoms with van der Waals surface area (Å²) in [6.45, 7) is 11.3. The van der Waals surface area contributed by atoms with E-state index in [0.717, 1.165) is 11.4 Å². The highest BCUT2D eigenvalue weighted by Crippen LogP contribution is 2.49. The number of hydrogen-bond acceptors (Lipinski definition) is 1. The van der Waals surface area contributed by atoms with E-state index in [1.54, 1.807) is 0 Å². The second-order valence-electron chi connectivity index (χ2n) is 16.3. The molecule has 10 rings (SSSR count). The first-order chi connectivity index (χ1) is 26.7. The van der Waals surface area contributed by atoms with E-state index in [2.05, 4.69) is 209 Å². The highest BCUT2D eigenvalue weighted by atomic mass is 15.1. The fraction of sp³-hybridized carbons (Fsp3) is 0.111. The van der Waals surface area contributed by atoms with Gasteiger partial charge in [0.15, 0.2) is 0 Å². The molecule has 0 spiro atoms. The Balaban J connectivity index is 1.28. The molecular formula is C54H43N. The van der Waals surface area contributed by atoms with Crippen LogP contribution in [0.4, 0.5) is 17.1 Å². The van der Waals surface area contributed by atoms with Crippen molar-refractivity contribution < 1.29 is 0 Å². The van der Waals surface area contributed by atoms with Crippen molar-refractivity contribution in [1.82, 2.24) is 0 Å². The van der Waals surface area contributed by atoms with Crippen LogP contribution in [0.2, 0.25) is 0 Å². The Kier molecular flexibility index (Phi) is 7.58. The molecule has 0 saturated carbocycles. The summed E-state index contributed by atoms with van der Waals surface area (Å²) >= 11 is 0. The summed E-state index contributed by atoms with van der Waals surface area (Å²) in [7, 11) is 0. The molecule has 1 nitrogen and oxygen atoms in total. The van der Waals surface area contributed by atoms with Crippen molar-refractivity contribution in [2.24, 2.45) is 0 Å². The first-order valence-electron chi connectivity index (χ1n) is 19.4. The fourth-order valence-corrected chi connectivity index (χ4v) is 8.80. The van der Waals surface area contributed by atoms with Crippen LogP contribution in [0.5, 0.6) is 0 Å². The predicted octanol–water partition coefficient (Wildman–Crippen LogP) is 15.6. The molecule has 0 fully saturated rings. The summed E-state index contributed by atoms with van der Waals surface area (Å²) in [5, 5.41) is 12.8. The van der Waals surface area contributed by atoms with E-state index < -0.39 is 0 Å². The number of rotatable bonds is 5. The zero-order valence-corrected chi connectivity index (χ0v) is 32.1. The summed E-state index contributed by atoms with van der Waals surface area (Å²) in [6, 6.07) is 63.7. The van der Waals surface area contributed by atoms with E-state index in [4.69, 9.17) is 0 Å². The minimum absolute atomic E-state index is 0.0617. The Bertz CT molecular complexity index is 2950. The van der Waals surface area contributed by atoms with Crippen LogP contribution in [0.3, 0.4) is 0 Å². The number of anilines is 3. The molecule has 0 amide bonds. The van der Waals surface area contributed by atoms with Crippen molar-refractivity contribution in [3.63, 3.8) is 0 Å². The third kappa shape index (κ3) is 5.45. The Labute approximate surface area is 323 Å². The summed E-state index contributed by atoms with van der Waals surface area (Å²) in [4.78, 5) is 2.45. The molecule has 0 unspecified atom stereocenters.